The molecule has 6 heteroatoms. The molecule has 1 heterocycles. The van der Waals surface area contributed by atoms with Crippen LogP contribution in [0.4, 0.5) is 0 Å². The van der Waals surface area contributed by atoms with E-state index in [1.165, 1.54) is 135 Å². The third kappa shape index (κ3) is 24.3. The van der Waals surface area contributed by atoms with Gasteiger partial charge in [0.05, 0.1) is 0 Å². The number of ether oxygens (including phenoxy) is 2. The summed E-state index contributed by atoms with van der Waals surface area (Å²) in [5.41, 5.74) is 9.13. The Morgan fingerprint density at radius 3 is 1.92 bits per heavy atom. The molecule has 0 saturated carbocycles. The number of alkyl halides is 1. The predicted molar refractivity (Wildman–Crippen MR) is 273 cm³/mol. The van der Waals surface area contributed by atoms with Crippen molar-refractivity contribution < 1.29 is 18.3 Å². The zero-order valence-corrected chi connectivity index (χ0v) is 44.4. The molecule has 0 saturated heterocycles. The molecule has 0 spiro atoms. The second-order valence-corrected chi connectivity index (χ2v) is 23.6. The van der Waals surface area contributed by atoms with Crippen molar-refractivity contribution in [1.82, 2.24) is 0 Å². The van der Waals surface area contributed by atoms with Crippen molar-refractivity contribution in [2.24, 2.45) is 0 Å². The maximum Gasteiger partial charge on any atom is 0.334 e. The molecule has 0 radical (unpaired) electrons. The Morgan fingerprint density at radius 1 is 0.705 bits per heavy atom. The van der Waals surface area contributed by atoms with Crippen molar-refractivity contribution in [1.29, 1.82) is 0 Å². The van der Waals surface area contributed by atoms with E-state index in [4.69, 9.17) is 18.3 Å². The molecule has 1 aromatic carbocycles. The lowest BCUT2D eigenvalue weighted by atomic mass is 9.85. The smallest absolute Gasteiger partial charge is 0.334 e. The fourth-order valence-electron chi connectivity index (χ4n) is 8.47. The van der Waals surface area contributed by atoms with E-state index in [2.05, 4.69) is 122 Å². The van der Waals surface area contributed by atoms with Crippen molar-refractivity contribution in [2.45, 2.75) is 254 Å². The van der Waals surface area contributed by atoms with Crippen LogP contribution in [0.2, 0.25) is 13.1 Å². The Bertz CT molecular complexity index is 1470. The van der Waals surface area contributed by atoms with Crippen LogP contribution in [0.3, 0.4) is 0 Å². The third-order valence-electron chi connectivity index (χ3n) is 12.7. The van der Waals surface area contributed by atoms with Crippen LogP contribution in [0.5, 0.6) is 11.5 Å². The number of hydrogen-bond donors (Lipinski definition) is 0. The van der Waals surface area contributed by atoms with Gasteiger partial charge in [-0.1, -0.05) is 134 Å². The Balaban J connectivity index is 2.02. The molecule has 0 aliphatic carbocycles. The van der Waals surface area contributed by atoms with Crippen LogP contribution in [0.25, 0.3) is 0 Å². The molecule has 1 aliphatic rings. The first-order valence-electron chi connectivity index (χ1n) is 25.2. The van der Waals surface area contributed by atoms with Gasteiger partial charge in [-0.2, -0.15) is 0 Å². The highest BCUT2D eigenvalue weighted by Gasteiger charge is 2.36. The summed E-state index contributed by atoms with van der Waals surface area (Å²) < 4.78 is 27.4. The fraction of sp³-hybridized carbons (Fsp3) is 0.745. The van der Waals surface area contributed by atoms with Crippen LogP contribution in [0.15, 0.2) is 47.1 Å². The van der Waals surface area contributed by atoms with E-state index >= 15 is 0 Å². The summed E-state index contributed by atoms with van der Waals surface area (Å²) in [4.78, 5) is 0. The molecule has 4 nitrogen and oxygen atoms in total. The normalized spacial score (nSPS) is 16.5. The summed E-state index contributed by atoms with van der Waals surface area (Å²) in [5, 5.41) is 1.08. The zero-order chi connectivity index (χ0) is 44.9. The highest BCUT2D eigenvalue weighted by Crippen LogP contribution is 2.45. The molecule has 2 unspecified atom stereocenters. The molecule has 0 aromatic heterocycles. The molecule has 1 aromatic rings. The van der Waals surface area contributed by atoms with Crippen LogP contribution >= 0.6 is 15.9 Å². The van der Waals surface area contributed by atoms with Gasteiger partial charge in [-0.3, -0.25) is 0 Å². The van der Waals surface area contributed by atoms with E-state index in [1.54, 1.807) is 0 Å². The van der Waals surface area contributed by atoms with Crippen molar-refractivity contribution in [2.75, 3.05) is 11.9 Å². The molecule has 0 N–H and O–H groups in total. The van der Waals surface area contributed by atoms with Gasteiger partial charge in [0, 0.05) is 23.9 Å². The maximum absolute atomic E-state index is 7.00. The van der Waals surface area contributed by atoms with Crippen molar-refractivity contribution in [3.8, 4) is 11.5 Å². The van der Waals surface area contributed by atoms with E-state index in [9.17, 15) is 0 Å². The number of rotatable bonds is 35. The van der Waals surface area contributed by atoms with E-state index in [1.807, 2.05) is 0 Å². The molecule has 2 rings (SSSR count). The maximum atomic E-state index is 7.00. The number of allylic oxidation sites excluding steroid dienone is 8. The monoisotopic (exact) mass is 927 g/mol. The summed E-state index contributed by atoms with van der Waals surface area (Å²) in [7, 11) is -2.41. The summed E-state index contributed by atoms with van der Waals surface area (Å²) in [5.74, 6) is 2.07. The van der Waals surface area contributed by atoms with Gasteiger partial charge in [-0.25, -0.2) is 0 Å². The highest BCUT2D eigenvalue weighted by atomic mass is 79.9. The molecule has 0 fully saturated rings. The van der Waals surface area contributed by atoms with Gasteiger partial charge in [-0.05, 0) is 181 Å². The topological polar surface area (TPSA) is 36.9 Å². The minimum atomic E-state index is -2.41. The predicted octanol–water partition coefficient (Wildman–Crippen LogP) is 18.3. The van der Waals surface area contributed by atoms with E-state index in [0.717, 1.165) is 94.1 Å². The molecular formula is C55H95BrO4Si. The number of benzene rings is 1. The van der Waals surface area contributed by atoms with Crippen molar-refractivity contribution >= 4 is 24.5 Å². The van der Waals surface area contributed by atoms with Crippen LogP contribution in [0.1, 0.15) is 224 Å². The highest BCUT2D eigenvalue weighted by molar-refractivity contribution is 9.09. The molecule has 2 atom stereocenters. The van der Waals surface area contributed by atoms with Crippen molar-refractivity contribution in [3.63, 3.8) is 0 Å². The Morgan fingerprint density at radius 2 is 1.28 bits per heavy atom. The summed E-state index contributed by atoms with van der Waals surface area (Å²) in [6.45, 7) is 25.4. The SMILES string of the molecule is CCCCCCCC/C=C\CCCCCCCC(Oc1c(C)c(C)c2c(c1C)CCC(C)(CC/C=C(\C)CC/C=C(\C)CCC=C(C)C)O2)O[Si](C)(C)OCCCCCCBr. The fourth-order valence-corrected chi connectivity index (χ4v) is 10.4. The van der Waals surface area contributed by atoms with E-state index < -0.39 is 8.56 Å². The first kappa shape index (κ1) is 55.5. The quantitative estimate of drug-likeness (QED) is 0.0223. The Kier molecular flexibility index (Phi) is 29.2. The van der Waals surface area contributed by atoms with Gasteiger partial charge in [0.25, 0.3) is 0 Å². The van der Waals surface area contributed by atoms with Gasteiger partial charge >= 0.3 is 8.56 Å². The number of unbranched alkanes of at least 4 members (excludes halogenated alkanes) is 14. The Labute approximate surface area is 387 Å². The second-order valence-electron chi connectivity index (χ2n) is 19.5. The first-order chi connectivity index (χ1) is 29.2. The van der Waals surface area contributed by atoms with Crippen LogP contribution < -0.4 is 9.47 Å². The van der Waals surface area contributed by atoms with Gasteiger partial charge in [0.1, 0.15) is 17.1 Å². The average molecular weight is 928 g/mol. The van der Waals surface area contributed by atoms with E-state index in [0.29, 0.717) is 0 Å². The largest absolute Gasteiger partial charge is 0.487 e. The van der Waals surface area contributed by atoms with Gasteiger partial charge < -0.3 is 18.3 Å². The number of fused-ring (bicyclic) bond motifs is 1. The van der Waals surface area contributed by atoms with Crippen LogP contribution in [0, 0.1) is 20.8 Å². The van der Waals surface area contributed by atoms with Crippen LogP contribution in [-0.4, -0.2) is 32.4 Å². The summed E-state index contributed by atoms with van der Waals surface area (Å²) >= 11 is 3.56. The zero-order valence-electron chi connectivity index (χ0n) is 41.8. The van der Waals surface area contributed by atoms with Crippen molar-refractivity contribution in [3.05, 3.63) is 69.4 Å². The van der Waals surface area contributed by atoms with Gasteiger partial charge in [0.2, 0.25) is 0 Å². The molecule has 61 heavy (non-hydrogen) atoms. The molecule has 0 bridgehead atoms. The lowest BCUT2D eigenvalue weighted by Crippen LogP contribution is -2.41. The third-order valence-corrected chi connectivity index (χ3v) is 15.0. The minimum absolute atomic E-state index is 0.173. The molecule has 1 aliphatic heterocycles. The summed E-state index contributed by atoms with van der Waals surface area (Å²) in [6.07, 6.45) is 42.9. The standard InChI is InChI=1S/C55H95BrO4Si/c1-12-13-14-15-16-17-18-19-20-21-22-23-24-25-28-39-52(60-61(10,11)57-44-30-27-26-29-43-56)58-53-48(6)49(7)54-51(50(53)8)40-42-55(9,59-54)41-33-38-47(5)37-32-36-46(4)35-31-34-45(2)3/h19-20,34,36,38,52H,12-18,21-33,35,37,39-44H2,1-11H3/b20-19-,46-36+,47-38+. The Hall–Kier alpha value is -1.60. The molecule has 0 amide bonds. The second kappa shape index (κ2) is 32.1. The van der Waals surface area contributed by atoms with Gasteiger partial charge in [0.15, 0.2) is 6.29 Å². The number of halogens is 1. The lowest BCUT2D eigenvalue weighted by molar-refractivity contribution is -0.0317. The van der Waals surface area contributed by atoms with Crippen LogP contribution in [-0.2, 0) is 15.3 Å². The van der Waals surface area contributed by atoms with E-state index in [-0.39, 0.29) is 11.9 Å². The minimum Gasteiger partial charge on any atom is -0.487 e. The summed E-state index contributed by atoms with van der Waals surface area (Å²) in [6, 6.07) is 0. The number of hydrogen-bond acceptors (Lipinski definition) is 4. The molecular weight excluding hydrogens is 833 g/mol. The first-order valence-corrected chi connectivity index (χ1v) is 29.1. The average Bonchev–Trinajstić information content (AvgIpc) is 3.21. The molecule has 350 valence electrons. The lowest BCUT2D eigenvalue weighted by Gasteiger charge is -2.38. The van der Waals surface area contributed by atoms with Gasteiger partial charge in [-0.15, -0.1) is 0 Å².